The van der Waals surface area contributed by atoms with Gasteiger partial charge in [-0.3, -0.25) is 4.68 Å². The summed E-state index contributed by atoms with van der Waals surface area (Å²) in [5.74, 6) is 1.71. The smallest absolute Gasteiger partial charge is 0.433 e. The van der Waals surface area contributed by atoms with Crippen LogP contribution < -0.4 is 15.4 Å². The van der Waals surface area contributed by atoms with Gasteiger partial charge in [0, 0.05) is 25.8 Å². The highest BCUT2D eigenvalue weighted by molar-refractivity contribution is 6.29. The molecular formula is C26H24ClF3N8O. The summed E-state index contributed by atoms with van der Waals surface area (Å²) in [4.78, 5) is 12.7. The first kappa shape index (κ1) is 26.3. The number of ether oxygens (including phenoxy) is 1. The van der Waals surface area contributed by atoms with Gasteiger partial charge < -0.3 is 19.9 Å². The predicted octanol–water partition coefficient (Wildman–Crippen LogP) is 6.87. The van der Waals surface area contributed by atoms with Crippen LogP contribution >= 0.6 is 11.6 Å². The Labute approximate surface area is 226 Å². The van der Waals surface area contributed by atoms with Crippen LogP contribution in [0.3, 0.4) is 0 Å². The van der Waals surface area contributed by atoms with E-state index in [4.69, 9.17) is 21.3 Å². The Morgan fingerprint density at radius 2 is 1.79 bits per heavy atom. The maximum atomic E-state index is 13.1. The lowest BCUT2D eigenvalue weighted by molar-refractivity contribution is -0.143. The third-order valence-corrected chi connectivity index (χ3v) is 6.33. The number of hydrogen-bond donors (Lipinski definition) is 2. The summed E-state index contributed by atoms with van der Waals surface area (Å²) in [5.41, 5.74) is 2.35. The Balaban J connectivity index is 1.31. The summed E-state index contributed by atoms with van der Waals surface area (Å²) in [7, 11) is 3.14. The topological polar surface area (TPSA) is 94.7 Å². The minimum atomic E-state index is -4.48. The predicted molar refractivity (Wildman–Crippen MR) is 142 cm³/mol. The van der Waals surface area contributed by atoms with Crippen molar-refractivity contribution in [2.24, 2.45) is 14.1 Å². The highest BCUT2D eigenvalue weighted by Crippen LogP contribution is 2.32. The Hall–Kier alpha value is -4.32. The molecule has 1 atom stereocenters. The van der Waals surface area contributed by atoms with Gasteiger partial charge in [-0.25, -0.2) is 15.0 Å². The largest absolute Gasteiger partial charge is 0.438 e. The number of hydrogen-bond acceptors (Lipinski definition) is 7. The van der Waals surface area contributed by atoms with E-state index in [9.17, 15) is 13.2 Å². The van der Waals surface area contributed by atoms with Gasteiger partial charge in [-0.1, -0.05) is 30.7 Å². The second kappa shape index (κ2) is 10.4. The molecular weight excluding hydrogens is 533 g/mol. The molecule has 1 unspecified atom stereocenters. The maximum Gasteiger partial charge on any atom is 0.433 e. The molecule has 3 heterocycles. The van der Waals surface area contributed by atoms with Crippen LogP contribution in [0.2, 0.25) is 5.15 Å². The summed E-state index contributed by atoms with van der Waals surface area (Å²) in [6.45, 7) is 2.07. The summed E-state index contributed by atoms with van der Waals surface area (Å²) in [5, 5.41) is 10.7. The molecule has 0 aliphatic rings. The molecule has 0 amide bonds. The van der Waals surface area contributed by atoms with Crippen molar-refractivity contribution < 1.29 is 17.9 Å². The molecule has 5 aromatic rings. The number of fused-ring (bicyclic) bond motifs is 1. The zero-order valence-electron chi connectivity index (χ0n) is 21.2. The Morgan fingerprint density at radius 3 is 2.44 bits per heavy atom. The second-order valence-corrected chi connectivity index (χ2v) is 9.20. The lowest BCUT2D eigenvalue weighted by Gasteiger charge is -2.18. The van der Waals surface area contributed by atoms with Crippen LogP contribution in [0.25, 0.3) is 11.0 Å². The van der Waals surface area contributed by atoms with Gasteiger partial charge in [0.15, 0.2) is 5.82 Å². The van der Waals surface area contributed by atoms with E-state index in [0.717, 1.165) is 33.8 Å². The molecule has 9 nitrogen and oxygen atoms in total. The van der Waals surface area contributed by atoms with Gasteiger partial charge >= 0.3 is 6.18 Å². The van der Waals surface area contributed by atoms with Gasteiger partial charge in [-0.15, -0.1) is 0 Å². The summed E-state index contributed by atoms with van der Waals surface area (Å²) >= 11 is 5.77. The fraction of sp³-hybridized carbons (Fsp3) is 0.231. The zero-order valence-corrected chi connectivity index (χ0v) is 21.9. The van der Waals surface area contributed by atoms with Gasteiger partial charge in [0.25, 0.3) is 0 Å². The molecule has 2 aromatic carbocycles. The quantitative estimate of drug-likeness (QED) is 0.215. The first-order chi connectivity index (χ1) is 18.6. The van der Waals surface area contributed by atoms with Crippen molar-refractivity contribution in [2.45, 2.75) is 25.6 Å². The minimum absolute atomic E-state index is 0.0308. The van der Waals surface area contributed by atoms with Crippen molar-refractivity contribution >= 4 is 40.1 Å². The Kier molecular flexibility index (Phi) is 7.04. The van der Waals surface area contributed by atoms with E-state index < -0.39 is 11.9 Å². The van der Waals surface area contributed by atoms with E-state index in [-0.39, 0.29) is 17.0 Å². The Bertz CT molecular complexity index is 1600. The number of nitrogens with zero attached hydrogens (tertiary/aromatic N) is 6. The van der Waals surface area contributed by atoms with Crippen molar-refractivity contribution in [1.82, 2.24) is 29.3 Å². The molecule has 0 bridgehead atoms. The highest BCUT2D eigenvalue weighted by Gasteiger charge is 2.35. The monoisotopic (exact) mass is 556 g/mol. The third kappa shape index (κ3) is 5.75. The lowest BCUT2D eigenvalue weighted by atomic mass is 10.0. The van der Waals surface area contributed by atoms with E-state index in [1.54, 1.807) is 6.07 Å². The number of alkyl halides is 3. The number of aromatic nitrogens is 6. The summed E-state index contributed by atoms with van der Waals surface area (Å²) < 4.78 is 47.8. The molecule has 3 aromatic heterocycles. The summed E-state index contributed by atoms with van der Waals surface area (Å²) in [6, 6.07) is 14.0. The fourth-order valence-corrected chi connectivity index (χ4v) is 4.25. The number of anilines is 3. The zero-order chi connectivity index (χ0) is 27.7. The van der Waals surface area contributed by atoms with Crippen LogP contribution in [-0.4, -0.2) is 29.3 Å². The van der Waals surface area contributed by atoms with E-state index in [1.807, 2.05) is 48.0 Å². The fourth-order valence-electron chi connectivity index (χ4n) is 4.16. The third-order valence-electron chi connectivity index (χ3n) is 6.14. The number of nitrogens with one attached hydrogen (secondary N) is 2. The van der Waals surface area contributed by atoms with Gasteiger partial charge in [-0.05, 0) is 42.3 Å². The Morgan fingerprint density at radius 1 is 1.03 bits per heavy atom. The number of aryl methyl sites for hydroxylation is 2. The maximum absolute atomic E-state index is 13.1. The molecule has 0 saturated heterocycles. The van der Waals surface area contributed by atoms with E-state index in [2.05, 4.69) is 32.6 Å². The molecule has 0 fully saturated rings. The van der Waals surface area contributed by atoms with Gasteiger partial charge in [0.05, 0.1) is 29.5 Å². The molecule has 0 spiro atoms. The van der Waals surface area contributed by atoms with Crippen LogP contribution in [0.5, 0.6) is 11.6 Å². The van der Waals surface area contributed by atoms with Crippen LogP contribution in [-0.2, 0) is 20.3 Å². The number of benzene rings is 2. The molecule has 0 radical (unpaired) electrons. The minimum Gasteiger partial charge on any atom is -0.438 e. The van der Waals surface area contributed by atoms with Crippen molar-refractivity contribution in [3.63, 3.8) is 0 Å². The molecule has 0 saturated carbocycles. The van der Waals surface area contributed by atoms with Crippen LogP contribution in [0.1, 0.15) is 30.6 Å². The van der Waals surface area contributed by atoms with Gasteiger partial charge in [-0.2, -0.15) is 18.3 Å². The van der Waals surface area contributed by atoms with Crippen molar-refractivity contribution in [2.75, 3.05) is 10.6 Å². The van der Waals surface area contributed by atoms with E-state index in [1.165, 1.54) is 19.4 Å². The van der Waals surface area contributed by atoms with Crippen LogP contribution in [0.4, 0.5) is 30.6 Å². The first-order valence-corrected chi connectivity index (χ1v) is 12.3. The van der Waals surface area contributed by atoms with Crippen molar-refractivity contribution in [1.29, 1.82) is 0 Å². The molecule has 2 N–H and O–H groups in total. The van der Waals surface area contributed by atoms with Crippen molar-refractivity contribution in [3.8, 4) is 11.6 Å². The first-order valence-electron chi connectivity index (χ1n) is 12.0. The molecule has 0 aliphatic heterocycles. The molecule has 0 aliphatic carbocycles. The normalized spacial score (nSPS) is 12.5. The van der Waals surface area contributed by atoms with E-state index in [0.29, 0.717) is 23.3 Å². The molecule has 5 rings (SSSR count). The number of halogens is 4. The average Bonchev–Trinajstić information content (AvgIpc) is 3.43. The highest BCUT2D eigenvalue weighted by atomic mass is 35.5. The van der Waals surface area contributed by atoms with Crippen LogP contribution in [0.15, 0.2) is 60.9 Å². The standard InChI is InChI=1S/C26H24ClF3N8O/c1-4-18(15-5-8-17(9-6-15)39-24-14-31-22(27)13-32-24)34-25-35-19-10-7-16(11-20(19)37(25)2)33-23-12-21(26(28,29)30)38(3)36-23/h5-14,18H,4H2,1-3H3,(H,33,36)(H,34,35). The lowest BCUT2D eigenvalue weighted by Crippen LogP contribution is -2.12. The molecule has 13 heteroatoms. The van der Waals surface area contributed by atoms with Crippen LogP contribution in [0, 0.1) is 0 Å². The van der Waals surface area contributed by atoms with E-state index >= 15 is 0 Å². The van der Waals surface area contributed by atoms with Crippen molar-refractivity contribution in [3.05, 3.63) is 77.3 Å². The number of rotatable bonds is 8. The summed E-state index contributed by atoms with van der Waals surface area (Å²) in [6.07, 6.45) is -0.821. The SMILES string of the molecule is CCC(Nc1nc2ccc(Nc3cc(C(F)(F)F)n(C)n3)cc2n1C)c1ccc(Oc2cnc(Cl)cn2)cc1. The number of imidazole rings is 1. The molecule has 39 heavy (non-hydrogen) atoms. The van der Waals surface area contributed by atoms with Gasteiger partial charge in [0.2, 0.25) is 11.8 Å². The average molecular weight is 557 g/mol. The van der Waals surface area contributed by atoms with Gasteiger partial charge in [0.1, 0.15) is 16.6 Å². The molecule has 202 valence electrons. The second-order valence-electron chi connectivity index (χ2n) is 8.81.